The van der Waals surface area contributed by atoms with E-state index >= 15 is 0 Å². The summed E-state index contributed by atoms with van der Waals surface area (Å²) in [5.74, 6) is 1.76. The van der Waals surface area contributed by atoms with Gasteiger partial charge in [-0.2, -0.15) is 0 Å². The molecule has 0 aliphatic heterocycles. The van der Waals surface area contributed by atoms with E-state index in [1.807, 2.05) is 48.5 Å². The molecule has 4 heterocycles. The van der Waals surface area contributed by atoms with Gasteiger partial charge in [-0.25, -0.2) is 15.0 Å². The van der Waals surface area contributed by atoms with Gasteiger partial charge in [0.15, 0.2) is 17.5 Å². The zero-order valence-electron chi connectivity index (χ0n) is 26.8. The quantitative estimate of drug-likeness (QED) is 0.203. The number of para-hydroxylation sites is 2. The first kappa shape index (κ1) is 28.1. The molecule has 0 bridgehead atoms. The highest BCUT2D eigenvalue weighted by Gasteiger charge is 2.16. The zero-order chi connectivity index (χ0) is 33.0. The summed E-state index contributed by atoms with van der Waals surface area (Å²) in [7, 11) is 0. The van der Waals surface area contributed by atoms with Crippen molar-refractivity contribution in [2.75, 3.05) is 0 Å². The van der Waals surface area contributed by atoms with Gasteiger partial charge in [-0.15, -0.1) is 0 Å². The normalized spacial score (nSPS) is 11.6. The number of nitrogens with one attached hydrogen (secondary N) is 1. The molecule has 0 unspecified atom stereocenters. The minimum Gasteiger partial charge on any atom is -0.355 e. The smallest absolute Gasteiger partial charge is 0.182 e. The van der Waals surface area contributed by atoms with Gasteiger partial charge in [0.2, 0.25) is 0 Å². The summed E-state index contributed by atoms with van der Waals surface area (Å²) in [5.41, 5.74) is 10.6. The molecule has 0 saturated heterocycles. The van der Waals surface area contributed by atoms with Crippen molar-refractivity contribution in [1.29, 1.82) is 0 Å². The molecule has 0 spiro atoms. The Morgan fingerprint density at radius 2 is 1.00 bits per heavy atom. The summed E-state index contributed by atoms with van der Waals surface area (Å²) in [6, 6.07) is 54.8. The molecular weight excluding hydrogens is 613 g/mol. The van der Waals surface area contributed by atoms with Crippen LogP contribution in [0.15, 0.2) is 164 Å². The first-order valence-electron chi connectivity index (χ1n) is 16.6. The molecule has 0 aliphatic rings. The highest BCUT2D eigenvalue weighted by atomic mass is 15.0. The van der Waals surface area contributed by atoms with E-state index in [0.29, 0.717) is 23.2 Å². The molecule has 0 amide bonds. The van der Waals surface area contributed by atoms with E-state index in [1.54, 1.807) is 6.20 Å². The lowest BCUT2D eigenvalue weighted by Gasteiger charge is -2.11. The topological polar surface area (TPSA) is 72.3 Å². The van der Waals surface area contributed by atoms with Crippen LogP contribution < -0.4 is 0 Å². The van der Waals surface area contributed by atoms with Crippen LogP contribution in [-0.4, -0.2) is 29.5 Å². The van der Waals surface area contributed by atoms with Crippen LogP contribution in [0.4, 0.5) is 0 Å². The number of fused-ring (bicyclic) bond motifs is 6. The molecule has 0 atom stereocenters. The predicted octanol–water partition coefficient (Wildman–Crippen LogP) is 10.7. The van der Waals surface area contributed by atoms with E-state index in [0.717, 1.165) is 38.9 Å². The Kier molecular flexibility index (Phi) is 6.39. The van der Waals surface area contributed by atoms with Crippen molar-refractivity contribution in [3.05, 3.63) is 164 Å². The van der Waals surface area contributed by atoms with Gasteiger partial charge in [0, 0.05) is 55.6 Å². The Balaban J connectivity index is 1.07. The second-order valence-electron chi connectivity index (χ2n) is 12.4. The van der Waals surface area contributed by atoms with Gasteiger partial charge in [-0.3, -0.25) is 4.98 Å². The van der Waals surface area contributed by atoms with Crippen LogP contribution in [-0.2, 0) is 0 Å². The second kappa shape index (κ2) is 11.4. The van der Waals surface area contributed by atoms with Crippen LogP contribution in [0.2, 0.25) is 0 Å². The molecule has 234 valence electrons. The Hall–Kier alpha value is -6.92. The fourth-order valence-electron chi connectivity index (χ4n) is 7.05. The van der Waals surface area contributed by atoms with Crippen LogP contribution in [0, 0.1) is 0 Å². The molecule has 10 rings (SSSR count). The van der Waals surface area contributed by atoms with Crippen molar-refractivity contribution in [3.8, 4) is 51.1 Å². The number of hydrogen-bond acceptors (Lipinski definition) is 4. The molecule has 0 aliphatic carbocycles. The molecule has 50 heavy (non-hydrogen) atoms. The Morgan fingerprint density at radius 3 is 1.80 bits per heavy atom. The number of benzene rings is 6. The van der Waals surface area contributed by atoms with Gasteiger partial charge in [0.05, 0.1) is 11.0 Å². The van der Waals surface area contributed by atoms with Gasteiger partial charge in [-0.05, 0) is 83.9 Å². The lowest BCUT2D eigenvalue weighted by Crippen LogP contribution is -2.01. The maximum atomic E-state index is 4.90. The first-order valence-corrected chi connectivity index (χ1v) is 16.6. The lowest BCUT2D eigenvalue weighted by atomic mass is 10.0. The SMILES string of the molecule is c1ccc(-c2nc(-c3ccc(-n4c5ccccc5c5cc(-c6ccc7[nH]c8ccccc8c7c6)ccc54)cc3)nc(-c3ccccn3)n2)cc1. The van der Waals surface area contributed by atoms with Crippen LogP contribution in [0.3, 0.4) is 0 Å². The third-order valence-electron chi connectivity index (χ3n) is 9.46. The number of hydrogen-bond donors (Lipinski definition) is 1. The van der Waals surface area contributed by atoms with Crippen molar-refractivity contribution >= 4 is 43.6 Å². The van der Waals surface area contributed by atoms with Gasteiger partial charge >= 0.3 is 0 Å². The van der Waals surface area contributed by atoms with Crippen LogP contribution in [0.5, 0.6) is 0 Å². The molecule has 0 radical (unpaired) electrons. The minimum absolute atomic E-state index is 0.542. The van der Waals surface area contributed by atoms with Crippen molar-refractivity contribution in [2.24, 2.45) is 0 Å². The standard InChI is InChI=1S/C44H28N6/c1-2-10-28(11-3-1)42-47-43(49-44(48-42)39-15-8-9-25-45-39)29-17-21-32(22-18-29)50-40-16-7-5-13-34(40)36-27-31(20-24-41(36)50)30-19-23-38-35(26-30)33-12-4-6-14-37(33)46-38/h1-27,46H. The number of aromatic amines is 1. The molecule has 0 saturated carbocycles. The number of rotatable bonds is 5. The monoisotopic (exact) mass is 640 g/mol. The molecule has 6 nitrogen and oxygen atoms in total. The zero-order valence-corrected chi connectivity index (χ0v) is 26.8. The largest absolute Gasteiger partial charge is 0.355 e. The number of H-pyrrole nitrogens is 1. The van der Waals surface area contributed by atoms with Crippen molar-refractivity contribution in [3.63, 3.8) is 0 Å². The lowest BCUT2D eigenvalue weighted by molar-refractivity contribution is 1.06. The van der Waals surface area contributed by atoms with Gasteiger partial charge < -0.3 is 9.55 Å². The first-order chi connectivity index (χ1) is 24.8. The third kappa shape index (κ3) is 4.65. The molecule has 10 aromatic rings. The van der Waals surface area contributed by atoms with Crippen LogP contribution in [0.1, 0.15) is 0 Å². The highest BCUT2D eigenvalue weighted by Crippen LogP contribution is 2.37. The van der Waals surface area contributed by atoms with E-state index < -0.39 is 0 Å². The fraction of sp³-hybridized carbons (Fsp3) is 0. The second-order valence-corrected chi connectivity index (χ2v) is 12.4. The van der Waals surface area contributed by atoms with E-state index in [4.69, 9.17) is 15.0 Å². The van der Waals surface area contributed by atoms with Crippen LogP contribution >= 0.6 is 0 Å². The average molecular weight is 641 g/mol. The maximum Gasteiger partial charge on any atom is 0.182 e. The summed E-state index contributed by atoms with van der Waals surface area (Å²) in [4.78, 5) is 22.6. The molecule has 0 fully saturated rings. The third-order valence-corrected chi connectivity index (χ3v) is 9.46. The van der Waals surface area contributed by atoms with E-state index in [2.05, 4.69) is 124 Å². The molecule has 6 aromatic carbocycles. The van der Waals surface area contributed by atoms with E-state index in [1.165, 1.54) is 32.7 Å². The van der Waals surface area contributed by atoms with Gasteiger partial charge in [0.25, 0.3) is 0 Å². The maximum absolute atomic E-state index is 4.90. The van der Waals surface area contributed by atoms with Gasteiger partial charge in [-0.1, -0.05) is 84.9 Å². The molecular formula is C44H28N6. The number of pyridine rings is 1. The van der Waals surface area contributed by atoms with Crippen molar-refractivity contribution in [1.82, 2.24) is 29.5 Å². The Morgan fingerprint density at radius 1 is 0.400 bits per heavy atom. The molecule has 6 heteroatoms. The number of aromatic nitrogens is 6. The molecule has 1 N–H and O–H groups in total. The predicted molar refractivity (Wildman–Crippen MR) is 203 cm³/mol. The average Bonchev–Trinajstić information content (AvgIpc) is 3.73. The summed E-state index contributed by atoms with van der Waals surface area (Å²) in [5, 5.41) is 4.91. The summed E-state index contributed by atoms with van der Waals surface area (Å²) in [6.07, 6.45) is 1.76. The van der Waals surface area contributed by atoms with E-state index in [-0.39, 0.29) is 0 Å². The van der Waals surface area contributed by atoms with Gasteiger partial charge in [0.1, 0.15) is 5.69 Å². The summed E-state index contributed by atoms with van der Waals surface area (Å²) >= 11 is 0. The Bertz CT molecular complexity index is 2800. The Labute approximate surface area is 287 Å². The highest BCUT2D eigenvalue weighted by molar-refractivity contribution is 6.11. The minimum atomic E-state index is 0.542. The summed E-state index contributed by atoms with van der Waals surface area (Å²) in [6.45, 7) is 0. The van der Waals surface area contributed by atoms with E-state index in [9.17, 15) is 0 Å². The van der Waals surface area contributed by atoms with Crippen LogP contribution in [0.25, 0.3) is 94.7 Å². The molecule has 4 aromatic heterocycles. The van der Waals surface area contributed by atoms with Crippen molar-refractivity contribution in [2.45, 2.75) is 0 Å². The van der Waals surface area contributed by atoms with Crippen molar-refractivity contribution < 1.29 is 0 Å². The summed E-state index contributed by atoms with van der Waals surface area (Å²) < 4.78 is 2.34. The fourth-order valence-corrected chi connectivity index (χ4v) is 7.05. The number of nitrogens with zero attached hydrogens (tertiary/aromatic N) is 5.